The van der Waals surface area contributed by atoms with Crippen molar-refractivity contribution in [1.82, 2.24) is 9.88 Å². The number of halogens is 1. The van der Waals surface area contributed by atoms with E-state index in [2.05, 4.69) is 63.3 Å². The topological polar surface area (TPSA) is 19.0 Å². The van der Waals surface area contributed by atoms with Gasteiger partial charge in [0, 0.05) is 23.6 Å². The molecular weight excluding hydrogens is 240 g/mol. The van der Waals surface area contributed by atoms with Crippen LogP contribution in [0.5, 0.6) is 0 Å². The second-order valence-corrected chi connectivity index (χ2v) is 3.99. The van der Waals surface area contributed by atoms with Gasteiger partial charge in [-0.05, 0) is 18.7 Å². The third-order valence-corrected chi connectivity index (χ3v) is 3.18. The van der Waals surface area contributed by atoms with Crippen molar-refractivity contribution in [2.75, 3.05) is 12.5 Å². The van der Waals surface area contributed by atoms with Crippen LogP contribution in [-0.2, 0) is 6.54 Å². The van der Waals surface area contributed by atoms with E-state index in [1.807, 2.05) is 0 Å². The summed E-state index contributed by atoms with van der Waals surface area (Å²) in [6.45, 7) is 0.968. The van der Waals surface area contributed by atoms with E-state index in [-0.39, 0.29) is 0 Å². The molecule has 0 atom stereocenters. The molecule has 0 unspecified atom stereocenters. The van der Waals surface area contributed by atoms with Crippen LogP contribution >= 0.6 is 15.9 Å². The van der Waals surface area contributed by atoms with Gasteiger partial charge in [-0.15, -0.1) is 0 Å². The predicted octanol–water partition coefficient (Wildman–Crippen LogP) is 2.95. The van der Waals surface area contributed by atoms with E-state index in [4.69, 9.17) is 0 Å². The van der Waals surface area contributed by atoms with Crippen LogP contribution in [0.15, 0.2) is 30.5 Å². The van der Waals surface area contributed by atoms with Crippen molar-refractivity contribution in [1.29, 1.82) is 0 Å². The number of aromatic amines is 1. The first-order chi connectivity index (χ1) is 6.81. The number of nitrogens with zero attached hydrogens (tertiary/aromatic N) is 1. The molecule has 0 saturated carbocycles. The van der Waals surface area contributed by atoms with Gasteiger partial charge in [0.25, 0.3) is 0 Å². The van der Waals surface area contributed by atoms with Gasteiger partial charge < -0.3 is 4.98 Å². The van der Waals surface area contributed by atoms with Crippen molar-refractivity contribution in [3.63, 3.8) is 0 Å². The largest absolute Gasteiger partial charge is 0.361 e. The van der Waals surface area contributed by atoms with Crippen LogP contribution in [0.3, 0.4) is 0 Å². The van der Waals surface area contributed by atoms with Gasteiger partial charge in [0.2, 0.25) is 0 Å². The molecular formula is C11H13BrN2. The van der Waals surface area contributed by atoms with Gasteiger partial charge in [-0.3, -0.25) is 4.90 Å². The zero-order valence-electron chi connectivity index (χ0n) is 8.13. The molecule has 1 aromatic heterocycles. The van der Waals surface area contributed by atoms with Crippen LogP contribution in [0.2, 0.25) is 0 Å². The van der Waals surface area contributed by atoms with E-state index in [1.165, 1.54) is 16.5 Å². The zero-order valence-corrected chi connectivity index (χ0v) is 9.71. The van der Waals surface area contributed by atoms with E-state index in [9.17, 15) is 0 Å². The van der Waals surface area contributed by atoms with Crippen LogP contribution < -0.4 is 0 Å². The fraction of sp³-hybridized carbons (Fsp3) is 0.273. The summed E-state index contributed by atoms with van der Waals surface area (Å²) in [6.07, 6.45) is 2.09. The molecule has 0 aliphatic heterocycles. The smallest absolute Gasteiger partial charge is 0.0542 e. The lowest BCUT2D eigenvalue weighted by molar-refractivity contribution is 0.391. The molecule has 0 saturated heterocycles. The molecule has 2 rings (SSSR count). The average Bonchev–Trinajstić information content (AvgIpc) is 2.62. The highest BCUT2D eigenvalue weighted by atomic mass is 79.9. The maximum atomic E-state index is 3.44. The molecule has 0 radical (unpaired) electrons. The molecule has 0 spiro atoms. The standard InChI is InChI=1S/C11H13BrN2/c1-14(8-12)7-9-6-13-11-5-3-2-4-10(9)11/h2-6,13H,7-8H2,1H3. The van der Waals surface area contributed by atoms with Gasteiger partial charge in [-0.25, -0.2) is 0 Å². The third-order valence-electron chi connectivity index (χ3n) is 2.32. The number of aromatic nitrogens is 1. The number of alkyl halides is 1. The molecule has 14 heavy (non-hydrogen) atoms. The first kappa shape index (κ1) is 9.74. The number of hydrogen-bond acceptors (Lipinski definition) is 1. The third kappa shape index (κ3) is 1.83. The van der Waals surface area contributed by atoms with E-state index in [0.29, 0.717) is 0 Å². The Labute approximate surface area is 92.0 Å². The maximum Gasteiger partial charge on any atom is 0.0542 e. The second-order valence-electron chi connectivity index (χ2n) is 3.49. The van der Waals surface area contributed by atoms with Crippen molar-refractivity contribution in [2.45, 2.75) is 6.54 Å². The molecule has 0 bridgehead atoms. The molecule has 2 nitrogen and oxygen atoms in total. The lowest BCUT2D eigenvalue weighted by atomic mass is 10.2. The Morgan fingerprint density at radius 2 is 2.14 bits per heavy atom. The minimum atomic E-state index is 0.895. The van der Waals surface area contributed by atoms with E-state index >= 15 is 0 Å². The number of nitrogens with one attached hydrogen (secondary N) is 1. The Hall–Kier alpha value is -0.800. The molecule has 0 amide bonds. The lowest BCUT2D eigenvalue weighted by Gasteiger charge is -2.11. The first-order valence-electron chi connectivity index (χ1n) is 4.61. The van der Waals surface area contributed by atoms with Crippen LogP contribution in [0, 0.1) is 0 Å². The van der Waals surface area contributed by atoms with Gasteiger partial charge in [0.15, 0.2) is 0 Å². The van der Waals surface area contributed by atoms with Crippen LogP contribution in [0.1, 0.15) is 5.56 Å². The van der Waals surface area contributed by atoms with E-state index in [0.717, 1.165) is 12.0 Å². The zero-order chi connectivity index (χ0) is 9.97. The van der Waals surface area contributed by atoms with Crippen molar-refractivity contribution in [3.05, 3.63) is 36.0 Å². The summed E-state index contributed by atoms with van der Waals surface area (Å²) < 4.78 is 0. The highest BCUT2D eigenvalue weighted by molar-refractivity contribution is 9.09. The molecule has 1 N–H and O–H groups in total. The van der Waals surface area contributed by atoms with Gasteiger partial charge >= 0.3 is 0 Å². The molecule has 1 aromatic carbocycles. The molecule has 0 aliphatic rings. The van der Waals surface area contributed by atoms with Gasteiger partial charge in [0.1, 0.15) is 0 Å². The summed E-state index contributed by atoms with van der Waals surface area (Å²) in [7, 11) is 2.09. The van der Waals surface area contributed by atoms with Crippen LogP contribution in [0.4, 0.5) is 0 Å². The highest BCUT2D eigenvalue weighted by Crippen LogP contribution is 2.18. The molecule has 1 heterocycles. The summed E-state index contributed by atoms with van der Waals surface area (Å²) in [6, 6.07) is 8.39. The van der Waals surface area contributed by atoms with Crippen molar-refractivity contribution < 1.29 is 0 Å². The Kier molecular flexibility index (Phi) is 2.89. The molecule has 3 heteroatoms. The van der Waals surface area contributed by atoms with Gasteiger partial charge in [-0.1, -0.05) is 34.1 Å². The van der Waals surface area contributed by atoms with Gasteiger partial charge in [0.05, 0.1) is 5.45 Å². The Morgan fingerprint density at radius 1 is 1.36 bits per heavy atom. The predicted molar refractivity (Wildman–Crippen MR) is 63.6 cm³/mol. The van der Waals surface area contributed by atoms with Crippen molar-refractivity contribution in [3.8, 4) is 0 Å². The summed E-state index contributed by atoms with van der Waals surface area (Å²) in [5.41, 5.74) is 3.46. The highest BCUT2D eigenvalue weighted by Gasteiger charge is 2.04. The number of benzene rings is 1. The average molecular weight is 253 g/mol. The molecule has 74 valence electrons. The fourth-order valence-corrected chi connectivity index (χ4v) is 1.77. The molecule has 0 fully saturated rings. The number of rotatable bonds is 3. The maximum absolute atomic E-state index is 3.44. The number of para-hydroxylation sites is 1. The first-order valence-corrected chi connectivity index (χ1v) is 5.73. The normalized spacial score (nSPS) is 11.4. The van der Waals surface area contributed by atoms with Crippen LogP contribution in [-0.4, -0.2) is 22.4 Å². The van der Waals surface area contributed by atoms with Crippen molar-refractivity contribution in [2.24, 2.45) is 0 Å². The van der Waals surface area contributed by atoms with E-state index in [1.54, 1.807) is 0 Å². The Balaban J connectivity index is 2.33. The molecule has 0 aliphatic carbocycles. The van der Waals surface area contributed by atoms with E-state index < -0.39 is 0 Å². The number of H-pyrrole nitrogens is 1. The Morgan fingerprint density at radius 3 is 2.93 bits per heavy atom. The minimum absolute atomic E-state index is 0.895. The number of fused-ring (bicyclic) bond motifs is 1. The second kappa shape index (κ2) is 4.15. The summed E-state index contributed by atoms with van der Waals surface area (Å²) in [4.78, 5) is 5.49. The summed E-state index contributed by atoms with van der Waals surface area (Å²) in [5.74, 6) is 0. The quantitative estimate of drug-likeness (QED) is 0.658. The van der Waals surface area contributed by atoms with Crippen molar-refractivity contribution >= 4 is 26.8 Å². The summed E-state index contributed by atoms with van der Waals surface area (Å²) >= 11 is 3.44. The van der Waals surface area contributed by atoms with Gasteiger partial charge in [-0.2, -0.15) is 0 Å². The fourth-order valence-electron chi connectivity index (χ4n) is 1.60. The van der Waals surface area contributed by atoms with Crippen LogP contribution in [0.25, 0.3) is 10.9 Å². The monoisotopic (exact) mass is 252 g/mol. The lowest BCUT2D eigenvalue weighted by Crippen LogP contribution is -2.14. The number of hydrogen-bond donors (Lipinski definition) is 1. The minimum Gasteiger partial charge on any atom is -0.361 e. The Bertz CT molecular complexity index is 422. The summed E-state index contributed by atoms with van der Waals surface area (Å²) in [5, 5.41) is 1.32. The molecule has 2 aromatic rings. The SMILES string of the molecule is CN(CBr)Cc1c[nH]c2ccccc12.